The molecule has 0 fully saturated rings. The Morgan fingerprint density at radius 2 is 0.617 bits per heavy atom. The van der Waals surface area contributed by atoms with Gasteiger partial charge in [-0.15, -0.1) is 0 Å². The molecular formula is C46H35N. The number of aryl methyl sites for hydroxylation is 2. The molecule has 0 heterocycles. The van der Waals surface area contributed by atoms with E-state index in [1.165, 1.54) is 54.9 Å². The Bertz CT molecular complexity index is 2200. The molecule has 47 heavy (non-hydrogen) atoms. The third-order valence-corrected chi connectivity index (χ3v) is 9.16. The monoisotopic (exact) mass is 601 g/mol. The smallest absolute Gasteiger partial charge is 0.0462 e. The van der Waals surface area contributed by atoms with Crippen molar-refractivity contribution in [1.82, 2.24) is 0 Å². The van der Waals surface area contributed by atoms with Crippen LogP contribution in [0.2, 0.25) is 0 Å². The molecule has 0 radical (unpaired) electrons. The van der Waals surface area contributed by atoms with E-state index in [1.807, 2.05) is 0 Å². The van der Waals surface area contributed by atoms with Crippen LogP contribution in [-0.2, 0) is 12.8 Å². The fourth-order valence-corrected chi connectivity index (χ4v) is 6.90. The topological polar surface area (TPSA) is 3.24 Å². The fraction of sp³-hybridized carbons (Fsp3) is 0.0435. The molecule has 0 aliphatic heterocycles. The minimum absolute atomic E-state index is 1.02. The van der Waals surface area contributed by atoms with Crippen molar-refractivity contribution in [2.24, 2.45) is 0 Å². The summed E-state index contributed by atoms with van der Waals surface area (Å²) in [5, 5.41) is 5.08. The van der Waals surface area contributed by atoms with E-state index in [4.69, 9.17) is 0 Å². The summed E-state index contributed by atoms with van der Waals surface area (Å²) in [6.45, 7) is 0. The van der Waals surface area contributed by atoms with E-state index < -0.39 is 0 Å². The minimum atomic E-state index is 1.02. The van der Waals surface area contributed by atoms with Gasteiger partial charge in [0.05, 0.1) is 0 Å². The molecule has 0 aromatic heterocycles. The molecule has 0 aliphatic rings. The summed E-state index contributed by atoms with van der Waals surface area (Å²) in [4.78, 5) is 2.35. The van der Waals surface area contributed by atoms with Crippen molar-refractivity contribution in [3.63, 3.8) is 0 Å². The molecule has 8 aromatic carbocycles. The van der Waals surface area contributed by atoms with Gasteiger partial charge in [0, 0.05) is 17.1 Å². The predicted octanol–water partition coefficient (Wildman–Crippen LogP) is 12.6. The van der Waals surface area contributed by atoms with Crippen molar-refractivity contribution in [2.75, 3.05) is 4.90 Å². The second-order valence-corrected chi connectivity index (χ2v) is 12.1. The lowest BCUT2D eigenvalue weighted by Gasteiger charge is -2.26. The first kappa shape index (κ1) is 28.5. The van der Waals surface area contributed by atoms with Gasteiger partial charge in [0.15, 0.2) is 0 Å². The Kier molecular flexibility index (Phi) is 7.79. The highest BCUT2D eigenvalue weighted by Crippen LogP contribution is 2.44. The Balaban J connectivity index is 1.19. The molecule has 8 rings (SSSR count). The first-order chi connectivity index (χ1) is 23.3. The van der Waals surface area contributed by atoms with E-state index >= 15 is 0 Å². The van der Waals surface area contributed by atoms with Crippen molar-refractivity contribution in [3.8, 4) is 22.3 Å². The predicted molar refractivity (Wildman–Crippen MR) is 201 cm³/mol. The maximum absolute atomic E-state index is 2.35. The van der Waals surface area contributed by atoms with Crippen molar-refractivity contribution < 1.29 is 0 Å². The quantitative estimate of drug-likeness (QED) is 0.157. The molecular weight excluding hydrogens is 567 g/mol. The van der Waals surface area contributed by atoms with Crippen LogP contribution in [0.5, 0.6) is 0 Å². The van der Waals surface area contributed by atoms with Gasteiger partial charge < -0.3 is 4.90 Å². The van der Waals surface area contributed by atoms with Crippen LogP contribution >= 0.6 is 0 Å². The van der Waals surface area contributed by atoms with Crippen LogP contribution in [-0.4, -0.2) is 0 Å². The number of benzene rings is 8. The van der Waals surface area contributed by atoms with Gasteiger partial charge in [-0.05, 0) is 104 Å². The lowest BCUT2D eigenvalue weighted by Crippen LogP contribution is -2.09. The van der Waals surface area contributed by atoms with Crippen molar-refractivity contribution in [1.29, 1.82) is 0 Å². The van der Waals surface area contributed by atoms with E-state index in [2.05, 4.69) is 193 Å². The average molecular weight is 602 g/mol. The van der Waals surface area contributed by atoms with Gasteiger partial charge in [-0.2, -0.15) is 0 Å². The normalized spacial score (nSPS) is 11.1. The van der Waals surface area contributed by atoms with Gasteiger partial charge >= 0.3 is 0 Å². The lowest BCUT2D eigenvalue weighted by atomic mass is 9.86. The Hall–Kier alpha value is -5.92. The largest absolute Gasteiger partial charge is 0.311 e. The third-order valence-electron chi connectivity index (χ3n) is 9.16. The summed E-state index contributed by atoms with van der Waals surface area (Å²) in [5.41, 5.74) is 11.2. The molecule has 0 spiro atoms. The zero-order valence-electron chi connectivity index (χ0n) is 26.3. The summed E-state index contributed by atoms with van der Waals surface area (Å²) in [5.74, 6) is 0. The highest BCUT2D eigenvalue weighted by Gasteiger charge is 2.17. The number of hydrogen-bond acceptors (Lipinski definition) is 1. The molecule has 8 aromatic rings. The van der Waals surface area contributed by atoms with Gasteiger partial charge in [0.1, 0.15) is 0 Å². The number of rotatable bonds is 8. The SMILES string of the molecule is c1ccc(CCc2ccc(N(c3ccccc3)c3ccc(-c4c5ccccc5c(-c5ccccc5)c5ccccc45)cc3)cc2)cc1. The molecule has 1 nitrogen and oxygen atoms in total. The molecule has 1 heteroatoms. The molecule has 224 valence electrons. The molecule has 0 unspecified atom stereocenters. The summed E-state index contributed by atoms with van der Waals surface area (Å²) in [7, 11) is 0. The first-order valence-electron chi connectivity index (χ1n) is 16.4. The van der Waals surface area contributed by atoms with Crippen LogP contribution in [0.25, 0.3) is 43.8 Å². The zero-order valence-corrected chi connectivity index (χ0v) is 26.3. The third kappa shape index (κ3) is 5.69. The molecule has 0 amide bonds. The molecule has 0 N–H and O–H groups in total. The highest BCUT2D eigenvalue weighted by atomic mass is 15.1. The second kappa shape index (κ2) is 12.8. The summed E-state index contributed by atoms with van der Waals surface area (Å²) < 4.78 is 0. The number of fused-ring (bicyclic) bond motifs is 2. The Morgan fingerprint density at radius 1 is 0.277 bits per heavy atom. The number of nitrogens with zero attached hydrogens (tertiary/aromatic N) is 1. The van der Waals surface area contributed by atoms with Crippen LogP contribution in [0, 0.1) is 0 Å². The maximum Gasteiger partial charge on any atom is 0.0462 e. The first-order valence-corrected chi connectivity index (χ1v) is 16.4. The molecule has 0 saturated carbocycles. The van der Waals surface area contributed by atoms with Crippen molar-refractivity contribution >= 4 is 38.6 Å². The van der Waals surface area contributed by atoms with Crippen molar-refractivity contribution in [3.05, 3.63) is 199 Å². The molecule has 0 saturated heterocycles. The highest BCUT2D eigenvalue weighted by molar-refractivity contribution is 6.21. The number of para-hydroxylation sites is 1. The van der Waals surface area contributed by atoms with E-state index in [-0.39, 0.29) is 0 Å². The van der Waals surface area contributed by atoms with Crippen LogP contribution < -0.4 is 4.90 Å². The van der Waals surface area contributed by atoms with E-state index in [0.29, 0.717) is 0 Å². The molecule has 0 atom stereocenters. The zero-order chi connectivity index (χ0) is 31.4. The van der Waals surface area contributed by atoms with E-state index in [0.717, 1.165) is 29.9 Å². The van der Waals surface area contributed by atoms with Crippen LogP contribution in [0.4, 0.5) is 17.1 Å². The summed E-state index contributed by atoms with van der Waals surface area (Å²) >= 11 is 0. The van der Waals surface area contributed by atoms with Crippen LogP contribution in [0.1, 0.15) is 11.1 Å². The molecule has 0 bridgehead atoms. The summed E-state index contributed by atoms with van der Waals surface area (Å²) in [6.07, 6.45) is 2.06. The Morgan fingerprint density at radius 3 is 1.11 bits per heavy atom. The lowest BCUT2D eigenvalue weighted by molar-refractivity contribution is 0.960. The van der Waals surface area contributed by atoms with Gasteiger partial charge in [-0.3, -0.25) is 0 Å². The minimum Gasteiger partial charge on any atom is -0.311 e. The van der Waals surface area contributed by atoms with E-state index in [1.54, 1.807) is 0 Å². The van der Waals surface area contributed by atoms with E-state index in [9.17, 15) is 0 Å². The average Bonchev–Trinajstić information content (AvgIpc) is 3.15. The standard InChI is InChI=1S/C46H35N/c1-4-14-34(15-5-1)24-25-35-26-30-39(31-27-35)47(38-18-8-3-9-19-38)40-32-28-37(29-33-40)46-43-22-12-10-20-41(43)45(36-16-6-2-7-17-36)42-21-11-13-23-44(42)46/h1-23,26-33H,24-25H2. The summed E-state index contributed by atoms with van der Waals surface area (Å²) in [6, 6.07) is 68.0. The number of anilines is 3. The van der Waals surface area contributed by atoms with Crippen LogP contribution in [0.15, 0.2) is 188 Å². The van der Waals surface area contributed by atoms with Gasteiger partial charge in [-0.25, -0.2) is 0 Å². The van der Waals surface area contributed by atoms with Gasteiger partial charge in [0.25, 0.3) is 0 Å². The Labute approximate surface area is 277 Å². The fourth-order valence-electron chi connectivity index (χ4n) is 6.90. The maximum atomic E-state index is 2.35. The molecule has 0 aliphatic carbocycles. The van der Waals surface area contributed by atoms with Crippen LogP contribution in [0.3, 0.4) is 0 Å². The van der Waals surface area contributed by atoms with Gasteiger partial charge in [-0.1, -0.05) is 152 Å². The number of hydrogen-bond donors (Lipinski definition) is 0. The van der Waals surface area contributed by atoms with Crippen molar-refractivity contribution in [2.45, 2.75) is 12.8 Å². The van der Waals surface area contributed by atoms with Gasteiger partial charge in [0.2, 0.25) is 0 Å². The second-order valence-electron chi connectivity index (χ2n) is 12.1.